The number of furan rings is 1. The highest BCUT2D eigenvalue weighted by Gasteiger charge is 1.93. The lowest BCUT2D eigenvalue weighted by atomic mass is 10.4. The number of rotatable bonds is 0. The molecule has 2 nitrogen and oxygen atoms in total. The molecular weight excluding hydrogens is 208 g/mol. The minimum Gasteiger partial charge on any atom is -0.441 e. The molecule has 0 radical (unpaired) electrons. The number of Topliss-reactive ketones (excluding diaryl/α,β-unsaturated/α-hetero) is 1. The van der Waals surface area contributed by atoms with Crippen molar-refractivity contribution in [3.63, 3.8) is 0 Å². The topological polar surface area (TPSA) is 30.2 Å². The second-order valence-corrected chi connectivity index (χ2v) is 2.69. The quantitative estimate of drug-likeness (QED) is 0.616. The van der Waals surface area contributed by atoms with Crippen LogP contribution in [0.4, 0.5) is 0 Å². The van der Waals surface area contributed by atoms with Crippen LogP contribution >= 0.6 is 15.9 Å². The predicted molar refractivity (Wildman–Crippen MR) is 44.0 cm³/mol. The number of hydrogen-bond donors (Lipinski definition) is 0. The van der Waals surface area contributed by atoms with E-state index in [-0.39, 0.29) is 5.78 Å². The molecule has 56 valence electrons. The summed E-state index contributed by atoms with van der Waals surface area (Å²) in [6, 6.07) is 3.42. The third-order valence-electron chi connectivity index (χ3n) is 0.935. The van der Waals surface area contributed by atoms with Crippen LogP contribution in [0.5, 0.6) is 0 Å². The number of hydrogen-bond acceptors (Lipinski definition) is 2. The molecule has 0 saturated carbocycles. The molecule has 11 heavy (non-hydrogen) atoms. The lowest BCUT2D eigenvalue weighted by Crippen LogP contribution is -1.79. The van der Waals surface area contributed by atoms with Crippen molar-refractivity contribution in [3.8, 4) is 11.8 Å². The molecule has 0 amide bonds. The zero-order chi connectivity index (χ0) is 8.27. The van der Waals surface area contributed by atoms with Gasteiger partial charge >= 0.3 is 0 Å². The Bertz CT molecular complexity index is 327. The van der Waals surface area contributed by atoms with E-state index in [1.54, 1.807) is 12.1 Å². The van der Waals surface area contributed by atoms with Crippen molar-refractivity contribution in [3.05, 3.63) is 22.6 Å². The molecule has 0 fully saturated rings. The van der Waals surface area contributed by atoms with E-state index in [4.69, 9.17) is 4.42 Å². The molecule has 3 heteroatoms. The van der Waals surface area contributed by atoms with Gasteiger partial charge in [0.05, 0.1) is 0 Å². The van der Waals surface area contributed by atoms with Gasteiger partial charge in [0.15, 0.2) is 10.4 Å². The zero-order valence-electron chi connectivity index (χ0n) is 5.85. The van der Waals surface area contributed by atoms with Crippen LogP contribution in [-0.4, -0.2) is 5.78 Å². The minimum absolute atomic E-state index is 0.169. The van der Waals surface area contributed by atoms with Gasteiger partial charge in [-0.05, 0) is 39.9 Å². The average Bonchev–Trinajstić information content (AvgIpc) is 2.31. The maximum Gasteiger partial charge on any atom is 0.202 e. The van der Waals surface area contributed by atoms with Crippen LogP contribution in [0.2, 0.25) is 0 Å². The van der Waals surface area contributed by atoms with Crippen LogP contribution in [0, 0.1) is 11.8 Å². The largest absolute Gasteiger partial charge is 0.441 e. The molecule has 0 aliphatic heterocycles. The van der Waals surface area contributed by atoms with Crippen molar-refractivity contribution in [1.82, 2.24) is 0 Å². The monoisotopic (exact) mass is 212 g/mol. The van der Waals surface area contributed by atoms with E-state index in [1.165, 1.54) is 6.92 Å². The van der Waals surface area contributed by atoms with Crippen molar-refractivity contribution in [2.45, 2.75) is 6.92 Å². The molecule has 0 unspecified atom stereocenters. The minimum atomic E-state index is -0.169. The SMILES string of the molecule is CC(=O)C#Cc1ccc(Br)o1. The van der Waals surface area contributed by atoms with Crippen LogP contribution < -0.4 is 0 Å². The van der Waals surface area contributed by atoms with Gasteiger partial charge in [-0.2, -0.15) is 0 Å². The van der Waals surface area contributed by atoms with Crippen molar-refractivity contribution < 1.29 is 9.21 Å². The summed E-state index contributed by atoms with van der Waals surface area (Å²) in [6.07, 6.45) is 0. The maximum absolute atomic E-state index is 10.4. The third kappa shape index (κ3) is 2.60. The van der Waals surface area contributed by atoms with Gasteiger partial charge in [-0.25, -0.2) is 0 Å². The summed E-state index contributed by atoms with van der Waals surface area (Å²) < 4.78 is 5.64. The summed E-state index contributed by atoms with van der Waals surface area (Å²) in [5.74, 6) is 5.26. The first-order valence-corrected chi connectivity index (χ1v) is 3.76. The first kappa shape index (κ1) is 8.09. The Hall–Kier alpha value is -1.01. The van der Waals surface area contributed by atoms with Gasteiger partial charge in [-0.15, -0.1) is 0 Å². The molecule has 1 rings (SSSR count). The highest BCUT2D eigenvalue weighted by atomic mass is 79.9. The first-order chi connectivity index (χ1) is 5.18. The molecule has 0 aromatic carbocycles. The fourth-order valence-corrected chi connectivity index (χ4v) is 0.838. The Labute approximate surface area is 72.7 Å². The van der Waals surface area contributed by atoms with Gasteiger partial charge in [0, 0.05) is 6.92 Å². The number of carbonyl (C=O) groups is 1. The Morgan fingerprint density at radius 1 is 1.64 bits per heavy atom. The van der Waals surface area contributed by atoms with Crippen LogP contribution in [0.15, 0.2) is 21.2 Å². The zero-order valence-corrected chi connectivity index (χ0v) is 7.44. The van der Waals surface area contributed by atoms with Gasteiger partial charge < -0.3 is 4.42 Å². The first-order valence-electron chi connectivity index (χ1n) is 2.96. The highest BCUT2D eigenvalue weighted by molar-refractivity contribution is 9.10. The van der Waals surface area contributed by atoms with Crippen LogP contribution in [0.3, 0.4) is 0 Å². The predicted octanol–water partition coefficient (Wildman–Crippen LogP) is 1.98. The maximum atomic E-state index is 10.4. The summed E-state index contributed by atoms with van der Waals surface area (Å²) in [5, 5.41) is 0. The lowest BCUT2D eigenvalue weighted by molar-refractivity contribution is -0.111. The summed E-state index contributed by atoms with van der Waals surface area (Å²) in [5.41, 5.74) is 0. The van der Waals surface area contributed by atoms with Gasteiger partial charge in [0.25, 0.3) is 0 Å². The molecule has 0 aliphatic carbocycles. The van der Waals surface area contributed by atoms with E-state index in [0.717, 1.165) is 0 Å². The third-order valence-corrected chi connectivity index (χ3v) is 1.36. The Kier molecular flexibility index (Phi) is 2.50. The van der Waals surface area contributed by atoms with E-state index < -0.39 is 0 Å². The number of ketones is 1. The van der Waals surface area contributed by atoms with Gasteiger partial charge in [-0.1, -0.05) is 0 Å². The summed E-state index contributed by atoms with van der Waals surface area (Å²) in [4.78, 5) is 10.4. The second-order valence-electron chi connectivity index (χ2n) is 1.91. The molecule has 0 atom stereocenters. The second kappa shape index (κ2) is 3.40. The number of halogens is 1. The molecule has 0 aliphatic rings. The summed E-state index contributed by atoms with van der Waals surface area (Å²) in [6.45, 7) is 1.41. The van der Waals surface area contributed by atoms with Crippen molar-refractivity contribution in [2.24, 2.45) is 0 Å². The van der Waals surface area contributed by atoms with Crippen molar-refractivity contribution in [1.29, 1.82) is 0 Å². The summed E-state index contributed by atoms with van der Waals surface area (Å²) >= 11 is 3.12. The van der Waals surface area contributed by atoms with Crippen molar-refractivity contribution >= 4 is 21.7 Å². The van der Waals surface area contributed by atoms with E-state index in [1.807, 2.05) is 0 Å². The fraction of sp³-hybridized carbons (Fsp3) is 0.125. The van der Waals surface area contributed by atoms with E-state index >= 15 is 0 Å². The van der Waals surface area contributed by atoms with Crippen molar-refractivity contribution in [2.75, 3.05) is 0 Å². The van der Waals surface area contributed by atoms with E-state index in [2.05, 4.69) is 27.8 Å². The Balaban J connectivity index is 2.82. The van der Waals surface area contributed by atoms with Crippen LogP contribution in [0.1, 0.15) is 12.7 Å². The van der Waals surface area contributed by atoms with E-state index in [0.29, 0.717) is 10.4 Å². The standard InChI is InChI=1S/C8H5BrO2/c1-6(10)2-3-7-4-5-8(9)11-7/h4-5H,1H3. The highest BCUT2D eigenvalue weighted by Crippen LogP contribution is 2.12. The number of carbonyl (C=O) groups excluding carboxylic acids is 1. The molecule has 0 bridgehead atoms. The van der Waals surface area contributed by atoms with Gasteiger partial charge in [-0.3, -0.25) is 4.79 Å². The normalized spacial score (nSPS) is 8.55. The van der Waals surface area contributed by atoms with Crippen LogP contribution in [0.25, 0.3) is 0 Å². The molecule has 1 aromatic rings. The smallest absolute Gasteiger partial charge is 0.202 e. The molecule has 0 spiro atoms. The molecule has 1 aromatic heterocycles. The summed E-state index contributed by atoms with van der Waals surface area (Å²) in [7, 11) is 0. The lowest BCUT2D eigenvalue weighted by Gasteiger charge is -1.76. The van der Waals surface area contributed by atoms with Crippen LogP contribution in [-0.2, 0) is 4.79 Å². The van der Waals surface area contributed by atoms with Gasteiger partial charge in [0.2, 0.25) is 5.78 Å². The van der Waals surface area contributed by atoms with Gasteiger partial charge in [0.1, 0.15) is 0 Å². The fourth-order valence-electron chi connectivity index (χ4n) is 0.531. The molecular formula is C8H5BrO2. The molecule has 0 N–H and O–H groups in total. The Morgan fingerprint density at radius 3 is 2.82 bits per heavy atom. The van der Waals surface area contributed by atoms with E-state index in [9.17, 15) is 4.79 Å². The average molecular weight is 213 g/mol. The molecule has 0 saturated heterocycles. The molecule has 1 heterocycles. The Morgan fingerprint density at radius 2 is 2.36 bits per heavy atom.